The van der Waals surface area contributed by atoms with Crippen molar-refractivity contribution in [2.75, 3.05) is 5.32 Å². The molecule has 0 fully saturated rings. The lowest BCUT2D eigenvalue weighted by atomic mass is 10.2. The monoisotopic (exact) mass is 326 g/mol. The van der Waals surface area contributed by atoms with Gasteiger partial charge in [-0.2, -0.15) is 5.10 Å². The second-order valence-electron chi connectivity index (χ2n) is 4.76. The van der Waals surface area contributed by atoms with E-state index in [1.807, 2.05) is 36.4 Å². The van der Waals surface area contributed by atoms with Crippen molar-refractivity contribution in [1.29, 1.82) is 0 Å². The predicted octanol–water partition coefficient (Wildman–Crippen LogP) is 2.28. The van der Waals surface area contributed by atoms with Gasteiger partial charge in [0, 0.05) is 18.3 Å². The van der Waals surface area contributed by atoms with Gasteiger partial charge in [-0.3, -0.25) is 9.78 Å². The molecule has 1 amide bonds. The summed E-state index contributed by atoms with van der Waals surface area (Å²) in [5.74, 6) is -0.491. The molecule has 1 aliphatic rings. The zero-order valence-electron chi connectivity index (χ0n) is 12.1. The number of anilines is 1. The highest BCUT2D eigenvalue weighted by atomic mass is 32.2. The van der Waals surface area contributed by atoms with Gasteiger partial charge in [-0.15, -0.1) is 5.10 Å². The van der Waals surface area contributed by atoms with Gasteiger partial charge < -0.3 is 10.4 Å². The van der Waals surface area contributed by atoms with E-state index in [1.54, 1.807) is 18.3 Å². The highest BCUT2D eigenvalue weighted by Gasteiger charge is 2.23. The Morgan fingerprint density at radius 1 is 1.13 bits per heavy atom. The van der Waals surface area contributed by atoms with Crippen molar-refractivity contribution >= 4 is 34.1 Å². The molecule has 0 radical (unpaired) electrons. The van der Waals surface area contributed by atoms with E-state index in [-0.39, 0.29) is 0 Å². The van der Waals surface area contributed by atoms with Crippen LogP contribution >= 0.6 is 11.8 Å². The minimum atomic E-state index is -1.24. The van der Waals surface area contributed by atoms with E-state index in [2.05, 4.69) is 20.5 Å². The molecular formula is C16H14N4O2S. The van der Waals surface area contributed by atoms with Gasteiger partial charge in [-0.25, -0.2) is 0 Å². The maximum atomic E-state index is 12.0. The first kappa shape index (κ1) is 15.4. The Morgan fingerprint density at radius 2 is 1.91 bits per heavy atom. The third kappa shape index (κ3) is 4.02. The molecule has 0 spiro atoms. The summed E-state index contributed by atoms with van der Waals surface area (Å²) in [5.41, 5.74) is 0.863. The molecule has 7 heteroatoms. The number of rotatable bonds is 4. The Morgan fingerprint density at radius 3 is 2.65 bits per heavy atom. The van der Waals surface area contributed by atoms with Gasteiger partial charge in [-0.1, -0.05) is 36.0 Å². The number of carbonyl (C=O) groups excluding carboxylic acids is 1. The molecule has 2 heterocycles. The summed E-state index contributed by atoms with van der Waals surface area (Å²) in [6.07, 6.45) is 2.14. The highest BCUT2D eigenvalue weighted by Crippen LogP contribution is 2.21. The lowest BCUT2D eigenvalue weighted by Crippen LogP contribution is -2.26. The van der Waals surface area contributed by atoms with Crippen LogP contribution in [0.5, 0.6) is 0 Å². The Bertz CT molecular complexity index is 747. The van der Waals surface area contributed by atoms with E-state index < -0.39 is 11.3 Å². The molecule has 0 saturated carbocycles. The summed E-state index contributed by atoms with van der Waals surface area (Å²) >= 11 is 0.984. The number of hydrogen-bond donors (Lipinski definition) is 2. The summed E-state index contributed by atoms with van der Waals surface area (Å²) in [4.78, 5) is 16.2. The number of aliphatic hydroxyl groups excluding tert-OH is 1. The topological polar surface area (TPSA) is 86.9 Å². The smallest absolute Gasteiger partial charge is 0.264 e. The van der Waals surface area contributed by atoms with Crippen LogP contribution in [-0.4, -0.2) is 32.2 Å². The highest BCUT2D eigenvalue weighted by molar-refractivity contribution is 8.14. The summed E-state index contributed by atoms with van der Waals surface area (Å²) in [6.45, 7) is 0. The lowest BCUT2D eigenvalue weighted by Gasteiger charge is -2.10. The Kier molecular flexibility index (Phi) is 4.80. The first-order valence-electron chi connectivity index (χ1n) is 6.98. The molecule has 1 aromatic carbocycles. The average Bonchev–Trinajstić information content (AvgIpc) is 3.05. The number of nitrogens with one attached hydrogen (secondary N) is 1. The van der Waals surface area contributed by atoms with Crippen LogP contribution in [-0.2, 0) is 4.79 Å². The zero-order chi connectivity index (χ0) is 16.1. The molecule has 0 bridgehead atoms. The molecule has 2 aromatic rings. The summed E-state index contributed by atoms with van der Waals surface area (Å²) in [5, 5.41) is 21.3. The van der Waals surface area contributed by atoms with E-state index in [9.17, 15) is 9.90 Å². The SMILES string of the molecule is O=C(Nc1ccccc1)C(O)SC1=NN=C(c2ccccn2)C1. The maximum absolute atomic E-state index is 12.0. The molecule has 1 unspecified atom stereocenters. The van der Waals surface area contributed by atoms with Crippen LogP contribution in [0.25, 0.3) is 0 Å². The van der Waals surface area contributed by atoms with Gasteiger partial charge >= 0.3 is 0 Å². The van der Waals surface area contributed by atoms with E-state index >= 15 is 0 Å². The van der Waals surface area contributed by atoms with Crippen LogP contribution in [0.1, 0.15) is 12.1 Å². The molecule has 1 aromatic heterocycles. The number of carbonyl (C=O) groups is 1. The number of amides is 1. The second-order valence-corrected chi connectivity index (χ2v) is 5.91. The molecule has 0 aliphatic carbocycles. The number of nitrogens with zero attached hydrogens (tertiary/aromatic N) is 3. The number of benzene rings is 1. The average molecular weight is 326 g/mol. The van der Waals surface area contributed by atoms with Crippen molar-refractivity contribution in [1.82, 2.24) is 4.98 Å². The molecular weight excluding hydrogens is 312 g/mol. The van der Waals surface area contributed by atoms with Crippen LogP contribution in [0.15, 0.2) is 64.9 Å². The molecule has 23 heavy (non-hydrogen) atoms. The van der Waals surface area contributed by atoms with Crippen molar-refractivity contribution < 1.29 is 9.90 Å². The molecule has 2 N–H and O–H groups in total. The number of pyridine rings is 1. The fourth-order valence-corrected chi connectivity index (χ4v) is 2.71. The van der Waals surface area contributed by atoms with Gasteiger partial charge in [0.25, 0.3) is 5.91 Å². The largest absolute Gasteiger partial charge is 0.373 e. The predicted molar refractivity (Wildman–Crippen MR) is 91.5 cm³/mol. The van der Waals surface area contributed by atoms with Crippen LogP contribution in [0, 0.1) is 0 Å². The van der Waals surface area contributed by atoms with E-state index in [4.69, 9.17) is 0 Å². The van der Waals surface area contributed by atoms with Gasteiger partial charge in [0.05, 0.1) is 11.4 Å². The van der Waals surface area contributed by atoms with Crippen LogP contribution in [0.4, 0.5) is 5.69 Å². The molecule has 6 nitrogen and oxygen atoms in total. The number of aromatic nitrogens is 1. The molecule has 0 saturated heterocycles. The Hall–Kier alpha value is -2.51. The number of para-hydroxylation sites is 1. The minimum Gasteiger partial charge on any atom is -0.373 e. The molecule has 1 aliphatic heterocycles. The fraction of sp³-hybridized carbons (Fsp3) is 0.125. The van der Waals surface area contributed by atoms with Gasteiger partial charge in [-0.05, 0) is 24.3 Å². The van der Waals surface area contributed by atoms with Crippen molar-refractivity contribution in [2.45, 2.75) is 11.9 Å². The molecule has 116 valence electrons. The third-order valence-electron chi connectivity index (χ3n) is 3.07. The standard InChI is InChI=1S/C16H14N4O2S/c21-15(18-11-6-2-1-3-7-11)16(22)23-14-10-13(19-20-14)12-8-4-5-9-17-12/h1-9,16,22H,10H2,(H,18,21). The van der Waals surface area contributed by atoms with Gasteiger partial charge in [0.2, 0.25) is 0 Å². The third-order valence-corrected chi connectivity index (χ3v) is 4.01. The van der Waals surface area contributed by atoms with Crippen LogP contribution in [0.2, 0.25) is 0 Å². The second kappa shape index (κ2) is 7.17. The maximum Gasteiger partial charge on any atom is 0.264 e. The molecule has 3 rings (SSSR count). The Labute approximate surface area is 137 Å². The van der Waals surface area contributed by atoms with E-state index in [0.29, 0.717) is 17.2 Å². The van der Waals surface area contributed by atoms with Crippen molar-refractivity contribution in [3.63, 3.8) is 0 Å². The van der Waals surface area contributed by atoms with E-state index in [1.165, 1.54) is 0 Å². The van der Waals surface area contributed by atoms with Crippen molar-refractivity contribution in [2.24, 2.45) is 10.2 Å². The lowest BCUT2D eigenvalue weighted by molar-refractivity contribution is -0.120. The summed E-state index contributed by atoms with van der Waals surface area (Å²) < 4.78 is 0. The van der Waals surface area contributed by atoms with E-state index in [0.717, 1.165) is 23.2 Å². The quantitative estimate of drug-likeness (QED) is 0.844. The Balaban J connectivity index is 1.53. The number of thioether (sulfide) groups is 1. The van der Waals surface area contributed by atoms with Crippen LogP contribution in [0.3, 0.4) is 0 Å². The first-order chi connectivity index (χ1) is 11.2. The summed E-state index contributed by atoms with van der Waals surface area (Å²) in [6, 6.07) is 14.5. The van der Waals surface area contributed by atoms with Crippen molar-refractivity contribution in [3.8, 4) is 0 Å². The fourth-order valence-electron chi connectivity index (χ4n) is 1.98. The number of aliphatic hydroxyl groups is 1. The van der Waals surface area contributed by atoms with Crippen LogP contribution < -0.4 is 5.32 Å². The summed E-state index contributed by atoms with van der Waals surface area (Å²) in [7, 11) is 0. The number of hydrogen-bond acceptors (Lipinski definition) is 6. The van der Waals surface area contributed by atoms with Gasteiger partial charge in [0.1, 0.15) is 5.04 Å². The molecule has 1 atom stereocenters. The zero-order valence-corrected chi connectivity index (χ0v) is 12.9. The normalized spacial score (nSPS) is 14.8. The van der Waals surface area contributed by atoms with Crippen molar-refractivity contribution in [3.05, 3.63) is 60.4 Å². The van der Waals surface area contributed by atoms with Gasteiger partial charge in [0.15, 0.2) is 5.44 Å². The first-order valence-corrected chi connectivity index (χ1v) is 7.86. The minimum absolute atomic E-state index is 0.456.